The highest BCUT2D eigenvalue weighted by Crippen LogP contribution is 2.20. The summed E-state index contributed by atoms with van der Waals surface area (Å²) in [5.74, 6) is 1.87. The van der Waals surface area contributed by atoms with Gasteiger partial charge in [-0.05, 0) is 40.5 Å². The number of hydrogen-bond acceptors (Lipinski definition) is 5. The van der Waals surface area contributed by atoms with Crippen LogP contribution in [-0.2, 0) is 7.05 Å². The van der Waals surface area contributed by atoms with E-state index in [2.05, 4.69) is 35.4 Å². The van der Waals surface area contributed by atoms with Gasteiger partial charge in [0.05, 0.1) is 6.07 Å². The number of thioether (sulfide) groups is 1. The molecular formula is C13H23N5S. The predicted octanol–water partition coefficient (Wildman–Crippen LogP) is 2.28. The Hall–Kier alpha value is -1.06. The zero-order chi connectivity index (χ0) is 14.5. The van der Waals surface area contributed by atoms with Gasteiger partial charge in [-0.15, -0.1) is 10.2 Å². The van der Waals surface area contributed by atoms with E-state index in [0.717, 1.165) is 29.6 Å². The quantitative estimate of drug-likeness (QED) is 0.613. The fourth-order valence-corrected chi connectivity index (χ4v) is 2.80. The van der Waals surface area contributed by atoms with Gasteiger partial charge in [0, 0.05) is 18.8 Å². The molecule has 5 nitrogen and oxygen atoms in total. The van der Waals surface area contributed by atoms with Crippen LogP contribution in [0.15, 0.2) is 5.16 Å². The van der Waals surface area contributed by atoms with Crippen molar-refractivity contribution in [1.29, 1.82) is 5.26 Å². The highest BCUT2D eigenvalue weighted by atomic mass is 32.2. The number of rotatable bonds is 7. The van der Waals surface area contributed by atoms with Crippen LogP contribution in [0.2, 0.25) is 0 Å². The van der Waals surface area contributed by atoms with Gasteiger partial charge in [0.1, 0.15) is 11.4 Å². The van der Waals surface area contributed by atoms with Crippen LogP contribution in [0.5, 0.6) is 0 Å². The molecule has 0 amide bonds. The first-order chi connectivity index (χ1) is 8.88. The van der Waals surface area contributed by atoms with Crippen molar-refractivity contribution in [2.75, 3.05) is 5.75 Å². The molecule has 0 saturated carbocycles. The number of aryl methyl sites for hydroxylation is 1. The van der Waals surface area contributed by atoms with Crippen LogP contribution in [0, 0.1) is 18.3 Å². The van der Waals surface area contributed by atoms with E-state index in [4.69, 9.17) is 0 Å². The van der Waals surface area contributed by atoms with Crippen molar-refractivity contribution < 1.29 is 0 Å². The highest BCUT2D eigenvalue weighted by molar-refractivity contribution is 7.99. The van der Waals surface area contributed by atoms with E-state index >= 15 is 0 Å². The molecule has 106 valence electrons. The molecule has 6 heteroatoms. The van der Waals surface area contributed by atoms with Crippen molar-refractivity contribution in [1.82, 2.24) is 20.1 Å². The van der Waals surface area contributed by atoms with E-state index in [0.29, 0.717) is 6.04 Å². The lowest BCUT2D eigenvalue weighted by atomic mass is 9.97. The van der Waals surface area contributed by atoms with E-state index in [1.54, 1.807) is 11.8 Å². The Labute approximate surface area is 119 Å². The normalized spacial score (nSPS) is 14.4. The van der Waals surface area contributed by atoms with Gasteiger partial charge in [-0.2, -0.15) is 5.26 Å². The molecule has 1 rings (SSSR count). The van der Waals surface area contributed by atoms with E-state index in [1.807, 2.05) is 25.5 Å². The van der Waals surface area contributed by atoms with Crippen molar-refractivity contribution in [3.8, 4) is 6.07 Å². The minimum absolute atomic E-state index is 0.318. The second-order valence-corrected chi connectivity index (χ2v) is 6.35. The Balaban J connectivity index is 2.38. The predicted molar refractivity (Wildman–Crippen MR) is 78.0 cm³/mol. The number of nitrogens with one attached hydrogen (secondary N) is 1. The van der Waals surface area contributed by atoms with Crippen molar-refractivity contribution in [3.05, 3.63) is 5.82 Å². The van der Waals surface area contributed by atoms with Crippen LogP contribution in [0.25, 0.3) is 0 Å². The van der Waals surface area contributed by atoms with E-state index < -0.39 is 5.54 Å². The van der Waals surface area contributed by atoms with E-state index in [-0.39, 0.29) is 0 Å². The van der Waals surface area contributed by atoms with Crippen LogP contribution in [0.3, 0.4) is 0 Å². The summed E-state index contributed by atoms with van der Waals surface area (Å²) in [6.07, 6.45) is 1.81. The molecule has 0 aliphatic rings. The minimum atomic E-state index is -0.440. The Morgan fingerprint density at radius 3 is 2.63 bits per heavy atom. The molecule has 1 atom stereocenters. The van der Waals surface area contributed by atoms with Crippen LogP contribution in [-0.4, -0.2) is 32.1 Å². The van der Waals surface area contributed by atoms with Gasteiger partial charge in [-0.3, -0.25) is 5.32 Å². The molecule has 1 aromatic rings. The lowest BCUT2D eigenvalue weighted by Crippen LogP contribution is -2.44. The summed E-state index contributed by atoms with van der Waals surface area (Å²) in [5, 5.41) is 21.6. The molecule has 0 saturated heterocycles. The van der Waals surface area contributed by atoms with Gasteiger partial charge >= 0.3 is 0 Å². The molecule has 0 bridgehead atoms. The molecule has 19 heavy (non-hydrogen) atoms. The maximum atomic E-state index is 9.25. The third-order valence-corrected chi connectivity index (χ3v) is 4.07. The van der Waals surface area contributed by atoms with Crippen molar-refractivity contribution in [3.63, 3.8) is 0 Å². The van der Waals surface area contributed by atoms with Crippen molar-refractivity contribution in [2.24, 2.45) is 7.05 Å². The Kier molecular flexibility index (Phi) is 5.83. The average molecular weight is 281 g/mol. The number of hydrogen-bond donors (Lipinski definition) is 1. The van der Waals surface area contributed by atoms with Crippen molar-refractivity contribution >= 4 is 11.8 Å². The maximum Gasteiger partial charge on any atom is 0.190 e. The minimum Gasteiger partial charge on any atom is -0.309 e. The van der Waals surface area contributed by atoms with Crippen LogP contribution < -0.4 is 5.32 Å². The third-order valence-electron chi connectivity index (χ3n) is 2.96. The standard InChI is InChI=1S/C13H23N5S/c1-10(2)15-13(4,9-14)7-6-8-19-12-17-16-11(3)18(12)5/h10,15H,6-8H2,1-5H3. The van der Waals surface area contributed by atoms with E-state index in [1.165, 1.54) is 0 Å². The van der Waals surface area contributed by atoms with Gasteiger partial charge in [-0.1, -0.05) is 11.8 Å². The highest BCUT2D eigenvalue weighted by Gasteiger charge is 2.23. The number of nitriles is 1. The molecule has 0 aliphatic carbocycles. The molecule has 0 fully saturated rings. The molecule has 1 unspecified atom stereocenters. The second-order valence-electron chi connectivity index (χ2n) is 5.28. The average Bonchev–Trinajstić information content (AvgIpc) is 2.65. The zero-order valence-corrected chi connectivity index (χ0v) is 13.2. The SMILES string of the molecule is Cc1nnc(SCCCC(C)(C#N)NC(C)C)n1C. The maximum absolute atomic E-state index is 9.25. The molecule has 0 radical (unpaired) electrons. The van der Waals surface area contributed by atoms with E-state index in [9.17, 15) is 5.26 Å². The smallest absolute Gasteiger partial charge is 0.190 e. The van der Waals surface area contributed by atoms with Gasteiger partial charge in [0.25, 0.3) is 0 Å². The summed E-state index contributed by atoms with van der Waals surface area (Å²) in [6, 6.07) is 2.69. The Morgan fingerprint density at radius 2 is 2.16 bits per heavy atom. The van der Waals surface area contributed by atoms with Crippen molar-refractivity contribution in [2.45, 2.75) is 57.3 Å². The summed E-state index contributed by atoms with van der Waals surface area (Å²) in [5.41, 5.74) is -0.440. The fourth-order valence-electron chi connectivity index (χ4n) is 1.90. The first-order valence-electron chi connectivity index (χ1n) is 6.55. The molecule has 0 aliphatic heterocycles. The third kappa shape index (κ3) is 4.84. The van der Waals surface area contributed by atoms with Gasteiger partial charge in [-0.25, -0.2) is 0 Å². The summed E-state index contributed by atoms with van der Waals surface area (Å²) in [6.45, 7) is 8.03. The van der Waals surface area contributed by atoms with Gasteiger partial charge in [0.2, 0.25) is 0 Å². The molecule has 0 aromatic carbocycles. The molecule has 0 spiro atoms. The topological polar surface area (TPSA) is 66.5 Å². The fraction of sp³-hybridized carbons (Fsp3) is 0.769. The Bertz CT molecular complexity index is 448. The zero-order valence-electron chi connectivity index (χ0n) is 12.4. The van der Waals surface area contributed by atoms with Crippen LogP contribution >= 0.6 is 11.8 Å². The first kappa shape index (κ1) is 16.0. The summed E-state index contributed by atoms with van der Waals surface area (Å²) in [7, 11) is 1.97. The second kappa shape index (κ2) is 6.92. The number of nitrogens with zero attached hydrogens (tertiary/aromatic N) is 4. The van der Waals surface area contributed by atoms with Gasteiger partial charge in [0.15, 0.2) is 5.16 Å². The summed E-state index contributed by atoms with van der Waals surface area (Å²) in [4.78, 5) is 0. The molecule has 1 N–H and O–H groups in total. The lowest BCUT2D eigenvalue weighted by Gasteiger charge is -2.25. The molecule has 1 aromatic heterocycles. The number of aromatic nitrogens is 3. The lowest BCUT2D eigenvalue weighted by molar-refractivity contribution is 0.380. The Morgan fingerprint density at radius 1 is 1.47 bits per heavy atom. The monoisotopic (exact) mass is 281 g/mol. The summed E-state index contributed by atoms with van der Waals surface area (Å²) >= 11 is 1.69. The molecular weight excluding hydrogens is 258 g/mol. The summed E-state index contributed by atoms with van der Waals surface area (Å²) < 4.78 is 1.99. The van der Waals surface area contributed by atoms with Crippen LogP contribution in [0.1, 0.15) is 39.4 Å². The molecule has 1 heterocycles. The van der Waals surface area contributed by atoms with Crippen LogP contribution in [0.4, 0.5) is 0 Å². The van der Waals surface area contributed by atoms with Gasteiger partial charge < -0.3 is 4.57 Å². The largest absolute Gasteiger partial charge is 0.309 e. The first-order valence-corrected chi connectivity index (χ1v) is 7.54.